The largest absolute Gasteiger partial charge is 0.373 e. The summed E-state index contributed by atoms with van der Waals surface area (Å²) in [6.45, 7) is 6.54. The fraction of sp³-hybridized carbons (Fsp3) is 0.533. The standard InChI is InChI=1S/C15H24BrN3O/c1-5-18-9-12-6-7-14(13(16)8-12)19(4)10-11(2)15(20)17-3/h6-8,11,18H,5,9-10H2,1-4H3,(H,17,20). The third-order valence-electron chi connectivity index (χ3n) is 3.24. The van der Waals surface area contributed by atoms with Crippen LogP contribution >= 0.6 is 15.9 Å². The molecule has 112 valence electrons. The van der Waals surface area contributed by atoms with Crippen LogP contribution in [0.2, 0.25) is 0 Å². The lowest BCUT2D eigenvalue weighted by Crippen LogP contribution is -2.34. The molecule has 1 amide bonds. The van der Waals surface area contributed by atoms with Gasteiger partial charge >= 0.3 is 0 Å². The van der Waals surface area contributed by atoms with Gasteiger partial charge in [0.05, 0.1) is 11.6 Å². The van der Waals surface area contributed by atoms with Gasteiger partial charge in [-0.3, -0.25) is 4.79 Å². The summed E-state index contributed by atoms with van der Waals surface area (Å²) >= 11 is 3.61. The van der Waals surface area contributed by atoms with E-state index in [-0.39, 0.29) is 11.8 Å². The summed E-state index contributed by atoms with van der Waals surface area (Å²) in [5.41, 5.74) is 2.34. The van der Waals surface area contributed by atoms with Crippen LogP contribution in [0.4, 0.5) is 5.69 Å². The lowest BCUT2D eigenvalue weighted by atomic mass is 10.1. The minimum absolute atomic E-state index is 0.0432. The predicted octanol–water partition coefficient (Wildman–Crippen LogP) is 2.38. The molecule has 1 aromatic carbocycles. The van der Waals surface area contributed by atoms with E-state index in [1.165, 1.54) is 5.56 Å². The summed E-state index contributed by atoms with van der Waals surface area (Å²) in [6, 6.07) is 6.33. The third kappa shape index (κ3) is 4.80. The second kappa shape index (κ2) is 8.27. The van der Waals surface area contributed by atoms with E-state index in [1.807, 2.05) is 14.0 Å². The lowest BCUT2D eigenvalue weighted by molar-refractivity contribution is -0.123. The van der Waals surface area contributed by atoms with Gasteiger partial charge in [-0.05, 0) is 40.2 Å². The Hall–Kier alpha value is -1.07. The minimum Gasteiger partial charge on any atom is -0.373 e. The smallest absolute Gasteiger partial charge is 0.224 e. The van der Waals surface area contributed by atoms with Crippen LogP contribution < -0.4 is 15.5 Å². The van der Waals surface area contributed by atoms with Gasteiger partial charge in [-0.2, -0.15) is 0 Å². The van der Waals surface area contributed by atoms with Crippen molar-refractivity contribution in [2.45, 2.75) is 20.4 Å². The Morgan fingerprint density at radius 3 is 2.70 bits per heavy atom. The fourth-order valence-corrected chi connectivity index (χ4v) is 2.81. The van der Waals surface area contributed by atoms with E-state index in [0.29, 0.717) is 6.54 Å². The molecule has 1 atom stereocenters. The summed E-state index contributed by atoms with van der Waals surface area (Å²) in [7, 11) is 3.67. The van der Waals surface area contributed by atoms with Gasteiger partial charge in [0.25, 0.3) is 0 Å². The molecule has 1 aromatic rings. The first-order valence-corrected chi connectivity index (χ1v) is 7.70. The van der Waals surface area contributed by atoms with Gasteiger partial charge in [0.15, 0.2) is 0 Å². The van der Waals surface area contributed by atoms with E-state index in [4.69, 9.17) is 0 Å². The normalized spacial score (nSPS) is 12.1. The van der Waals surface area contributed by atoms with E-state index >= 15 is 0 Å². The molecule has 4 nitrogen and oxygen atoms in total. The fourth-order valence-electron chi connectivity index (χ4n) is 2.08. The molecule has 1 unspecified atom stereocenters. The first-order chi connectivity index (χ1) is 9.49. The number of carbonyl (C=O) groups is 1. The van der Waals surface area contributed by atoms with E-state index in [0.717, 1.165) is 23.2 Å². The van der Waals surface area contributed by atoms with Crippen molar-refractivity contribution in [3.63, 3.8) is 0 Å². The highest BCUT2D eigenvalue weighted by atomic mass is 79.9. The number of nitrogens with zero attached hydrogens (tertiary/aromatic N) is 1. The Labute approximate surface area is 130 Å². The van der Waals surface area contributed by atoms with Gasteiger partial charge in [-0.25, -0.2) is 0 Å². The van der Waals surface area contributed by atoms with E-state index in [9.17, 15) is 4.79 Å². The predicted molar refractivity (Wildman–Crippen MR) is 88.0 cm³/mol. The maximum Gasteiger partial charge on any atom is 0.224 e. The molecule has 0 saturated heterocycles. The molecule has 1 rings (SSSR count). The van der Waals surface area contributed by atoms with Gasteiger partial charge in [-0.1, -0.05) is 19.9 Å². The van der Waals surface area contributed by atoms with E-state index in [1.54, 1.807) is 7.05 Å². The number of rotatable bonds is 7. The summed E-state index contributed by atoms with van der Waals surface area (Å²) in [5, 5.41) is 5.99. The van der Waals surface area contributed by atoms with Crippen molar-refractivity contribution in [2.24, 2.45) is 5.92 Å². The maximum absolute atomic E-state index is 11.6. The van der Waals surface area contributed by atoms with Gasteiger partial charge in [-0.15, -0.1) is 0 Å². The van der Waals surface area contributed by atoms with Crippen LogP contribution in [0.15, 0.2) is 22.7 Å². The van der Waals surface area contributed by atoms with Crippen LogP contribution in [0.1, 0.15) is 19.4 Å². The van der Waals surface area contributed by atoms with Crippen LogP contribution in [0.5, 0.6) is 0 Å². The zero-order valence-corrected chi connectivity index (χ0v) is 14.3. The molecule has 0 aliphatic carbocycles. The van der Waals surface area contributed by atoms with Crippen LogP contribution in [0.25, 0.3) is 0 Å². The third-order valence-corrected chi connectivity index (χ3v) is 3.88. The highest BCUT2D eigenvalue weighted by Gasteiger charge is 2.15. The number of halogens is 1. The average molecular weight is 342 g/mol. The summed E-state index contributed by atoms with van der Waals surface area (Å²) in [5.74, 6) is 0.0232. The minimum atomic E-state index is -0.0432. The van der Waals surface area contributed by atoms with Gasteiger partial charge in [0.1, 0.15) is 0 Å². The van der Waals surface area contributed by atoms with Crippen LogP contribution in [0, 0.1) is 5.92 Å². The van der Waals surface area contributed by atoms with Crippen molar-refractivity contribution >= 4 is 27.5 Å². The maximum atomic E-state index is 11.6. The number of amides is 1. The molecule has 0 heterocycles. The summed E-state index contributed by atoms with van der Waals surface area (Å²) in [6.07, 6.45) is 0. The Bertz CT molecular complexity index is 451. The molecule has 0 aliphatic heterocycles. The van der Waals surface area contributed by atoms with Crippen molar-refractivity contribution in [1.82, 2.24) is 10.6 Å². The molecule has 2 N–H and O–H groups in total. The molecular formula is C15H24BrN3O. The molecule has 5 heteroatoms. The molecule has 0 spiro atoms. The molecule has 0 radical (unpaired) electrons. The van der Waals surface area contributed by atoms with Gasteiger partial charge in [0.2, 0.25) is 5.91 Å². The molecular weight excluding hydrogens is 318 g/mol. The van der Waals surface area contributed by atoms with Crippen molar-refractivity contribution in [2.75, 3.05) is 32.1 Å². The Kier molecular flexibility index (Phi) is 7.02. The Balaban J connectivity index is 2.73. The van der Waals surface area contributed by atoms with Crippen molar-refractivity contribution < 1.29 is 4.79 Å². The number of benzene rings is 1. The second-order valence-electron chi connectivity index (χ2n) is 4.96. The molecule has 0 fully saturated rings. The highest BCUT2D eigenvalue weighted by molar-refractivity contribution is 9.10. The monoisotopic (exact) mass is 341 g/mol. The molecule has 0 saturated carbocycles. The molecule has 0 bridgehead atoms. The van der Waals surface area contributed by atoms with Crippen molar-refractivity contribution in [3.05, 3.63) is 28.2 Å². The zero-order chi connectivity index (χ0) is 15.1. The molecule has 0 aromatic heterocycles. The van der Waals surface area contributed by atoms with Gasteiger partial charge in [0, 0.05) is 31.7 Å². The highest BCUT2D eigenvalue weighted by Crippen LogP contribution is 2.27. The Morgan fingerprint density at radius 1 is 1.45 bits per heavy atom. The van der Waals surface area contributed by atoms with Crippen LogP contribution in [-0.2, 0) is 11.3 Å². The number of nitrogens with one attached hydrogen (secondary N) is 2. The van der Waals surface area contributed by atoms with E-state index in [2.05, 4.69) is 56.6 Å². The van der Waals surface area contributed by atoms with Crippen LogP contribution in [-0.4, -0.2) is 33.1 Å². The average Bonchev–Trinajstić information content (AvgIpc) is 2.43. The molecule has 0 aliphatic rings. The SMILES string of the molecule is CCNCc1ccc(N(C)CC(C)C(=O)NC)c(Br)c1. The van der Waals surface area contributed by atoms with Gasteiger partial charge < -0.3 is 15.5 Å². The quantitative estimate of drug-likeness (QED) is 0.800. The zero-order valence-electron chi connectivity index (χ0n) is 12.7. The summed E-state index contributed by atoms with van der Waals surface area (Å²) in [4.78, 5) is 13.7. The number of hydrogen-bond acceptors (Lipinski definition) is 3. The topological polar surface area (TPSA) is 44.4 Å². The lowest BCUT2D eigenvalue weighted by Gasteiger charge is -2.24. The number of hydrogen-bond donors (Lipinski definition) is 2. The number of anilines is 1. The first kappa shape index (κ1) is 17.0. The van der Waals surface area contributed by atoms with Crippen molar-refractivity contribution in [3.8, 4) is 0 Å². The molecule has 20 heavy (non-hydrogen) atoms. The second-order valence-corrected chi connectivity index (χ2v) is 5.82. The summed E-state index contributed by atoms with van der Waals surface area (Å²) < 4.78 is 1.06. The van der Waals surface area contributed by atoms with Crippen LogP contribution in [0.3, 0.4) is 0 Å². The van der Waals surface area contributed by atoms with Crippen molar-refractivity contribution in [1.29, 1.82) is 0 Å². The Morgan fingerprint density at radius 2 is 2.15 bits per heavy atom. The first-order valence-electron chi connectivity index (χ1n) is 6.91. The number of carbonyl (C=O) groups excluding carboxylic acids is 1. The van der Waals surface area contributed by atoms with E-state index < -0.39 is 0 Å².